The van der Waals surface area contributed by atoms with Gasteiger partial charge < -0.3 is 16.0 Å². The van der Waals surface area contributed by atoms with Crippen LogP contribution in [0.1, 0.15) is 22.8 Å². The maximum Gasteiger partial charge on any atom is 0.255 e. The molecule has 2 amide bonds. The van der Waals surface area contributed by atoms with Crippen molar-refractivity contribution in [3.8, 4) is 0 Å². The molecule has 0 saturated carbocycles. The average molecular weight is 399 g/mol. The van der Waals surface area contributed by atoms with E-state index in [9.17, 15) is 9.59 Å². The van der Waals surface area contributed by atoms with Crippen molar-refractivity contribution in [2.24, 2.45) is 5.92 Å². The van der Waals surface area contributed by atoms with Crippen molar-refractivity contribution in [3.63, 3.8) is 0 Å². The lowest BCUT2D eigenvalue weighted by molar-refractivity contribution is -0.119. The maximum atomic E-state index is 12.3. The molecule has 1 aromatic heterocycles. The fraction of sp³-hybridized carbons (Fsp3) is 0.278. The number of hydrogen-bond acceptors (Lipinski definition) is 4. The minimum absolute atomic E-state index is 0. The van der Waals surface area contributed by atoms with Crippen molar-refractivity contribution in [3.05, 3.63) is 53.9 Å². The molecule has 0 saturated heterocycles. The lowest BCUT2D eigenvalue weighted by Crippen LogP contribution is -2.28. The Morgan fingerprint density at radius 2 is 1.73 bits per heavy atom. The Bertz CT molecular complexity index is 726. The number of nitrogens with zero attached hydrogens (tertiary/aromatic N) is 1. The normalized spacial score (nSPS) is 10.7. The van der Waals surface area contributed by atoms with Gasteiger partial charge in [-0.2, -0.15) is 0 Å². The van der Waals surface area contributed by atoms with Crippen molar-refractivity contribution in [2.75, 3.05) is 24.2 Å². The molecule has 0 aliphatic rings. The lowest BCUT2D eigenvalue weighted by Gasteiger charge is -2.14. The van der Waals surface area contributed by atoms with Crippen LogP contribution in [0.5, 0.6) is 0 Å². The highest BCUT2D eigenvalue weighted by Crippen LogP contribution is 2.21. The summed E-state index contributed by atoms with van der Waals surface area (Å²) in [5.41, 5.74) is 2.76. The van der Waals surface area contributed by atoms with Crippen LogP contribution < -0.4 is 16.0 Å². The zero-order valence-corrected chi connectivity index (χ0v) is 16.5. The zero-order chi connectivity index (χ0) is 17.5. The monoisotopic (exact) mass is 398 g/mol. The molecule has 2 aromatic rings. The van der Waals surface area contributed by atoms with Crippen LogP contribution in [0, 0.1) is 12.8 Å². The minimum Gasteiger partial charge on any atom is -0.326 e. The fourth-order valence-corrected chi connectivity index (χ4v) is 2.20. The van der Waals surface area contributed by atoms with Gasteiger partial charge in [-0.15, -0.1) is 24.8 Å². The summed E-state index contributed by atoms with van der Waals surface area (Å²) < 4.78 is 0. The second-order valence-corrected chi connectivity index (χ2v) is 5.67. The molecular weight excluding hydrogens is 375 g/mol. The Morgan fingerprint density at radius 3 is 2.35 bits per heavy atom. The summed E-state index contributed by atoms with van der Waals surface area (Å²) in [5, 5.41) is 8.71. The molecule has 0 radical (unpaired) electrons. The molecule has 0 aliphatic carbocycles. The largest absolute Gasteiger partial charge is 0.326 e. The summed E-state index contributed by atoms with van der Waals surface area (Å²) in [6.07, 6.45) is 3.14. The summed E-state index contributed by atoms with van der Waals surface area (Å²) >= 11 is 0. The first kappa shape index (κ1) is 23.9. The van der Waals surface area contributed by atoms with Crippen LogP contribution in [0.25, 0.3) is 0 Å². The van der Waals surface area contributed by atoms with E-state index < -0.39 is 0 Å². The van der Waals surface area contributed by atoms with Crippen molar-refractivity contribution in [1.82, 2.24) is 10.3 Å². The van der Waals surface area contributed by atoms with Crippen molar-refractivity contribution in [2.45, 2.75) is 13.8 Å². The van der Waals surface area contributed by atoms with Crippen LogP contribution in [0.4, 0.5) is 11.4 Å². The zero-order valence-electron chi connectivity index (χ0n) is 14.9. The number of carbonyl (C=O) groups is 2. The van der Waals surface area contributed by atoms with E-state index >= 15 is 0 Å². The molecule has 3 N–H and O–H groups in total. The highest BCUT2D eigenvalue weighted by molar-refractivity contribution is 6.05. The number of pyridine rings is 1. The first-order chi connectivity index (χ1) is 11.5. The number of benzene rings is 1. The van der Waals surface area contributed by atoms with Gasteiger partial charge in [0.15, 0.2) is 0 Å². The topological polar surface area (TPSA) is 83.1 Å². The van der Waals surface area contributed by atoms with E-state index in [1.54, 1.807) is 30.6 Å². The Balaban J connectivity index is 0.00000312. The molecular formula is C18H24Cl2N4O2. The molecule has 2 rings (SSSR count). The molecule has 1 atom stereocenters. The van der Waals surface area contributed by atoms with E-state index in [-0.39, 0.29) is 42.5 Å². The molecule has 0 bridgehead atoms. The van der Waals surface area contributed by atoms with Crippen LogP contribution in [0.3, 0.4) is 0 Å². The Labute approximate surface area is 166 Å². The number of rotatable bonds is 6. The minimum atomic E-state index is -0.215. The van der Waals surface area contributed by atoms with Gasteiger partial charge in [-0.25, -0.2) is 0 Å². The molecule has 0 fully saturated rings. The summed E-state index contributed by atoms with van der Waals surface area (Å²) in [6, 6.07) is 8.74. The van der Waals surface area contributed by atoms with Crippen molar-refractivity contribution < 1.29 is 9.59 Å². The number of carbonyl (C=O) groups excluding carboxylic acids is 2. The summed E-state index contributed by atoms with van der Waals surface area (Å²) in [5.74, 6) is -0.432. The maximum absolute atomic E-state index is 12.3. The second-order valence-electron chi connectivity index (χ2n) is 5.67. The number of halogens is 2. The van der Waals surface area contributed by atoms with Gasteiger partial charge in [0, 0.05) is 41.8 Å². The van der Waals surface area contributed by atoms with E-state index in [1.165, 1.54) is 0 Å². The smallest absolute Gasteiger partial charge is 0.255 e. The first-order valence-corrected chi connectivity index (χ1v) is 7.78. The van der Waals surface area contributed by atoms with Crippen molar-refractivity contribution >= 4 is 48.0 Å². The third kappa shape index (κ3) is 6.63. The number of hydrogen-bond donors (Lipinski definition) is 3. The SMILES string of the molecule is CNCC(C)C(=O)Nc1ccc(C)c(NC(=O)c2ccncc2)c1.Cl.Cl. The van der Waals surface area contributed by atoms with E-state index in [2.05, 4.69) is 20.9 Å². The predicted octanol–water partition coefficient (Wildman–Crippen LogP) is 3.28. The second kappa shape index (κ2) is 11.5. The van der Waals surface area contributed by atoms with Crippen molar-refractivity contribution in [1.29, 1.82) is 0 Å². The summed E-state index contributed by atoms with van der Waals surface area (Å²) in [6.45, 7) is 4.35. The van der Waals surface area contributed by atoms with Gasteiger partial charge in [0.1, 0.15) is 0 Å². The van der Waals surface area contributed by atoms with Gasteiger partial charge >= 0.3 is 0 Å². The Morgan fingerprint density at radius 1 is 1.08 bits per heavy atom. The predicted molar refractivity (Wildman–Crippen MR) is 110 cm³/mol. The van der Waals surface area contributed by atoms with Crippen LogP contribution in [-0.4, -0.2) is 30.4 Å². The molecule has 6 nitrogen and oxygen atoms in total. The van der Waals surface area contributed by atoms with Crippen LogP contribution in [0.15, 0.2) is 42.7 Å². The number of nitrogens with one attached hydrogen (secondary N) is 3. The fourth-order valence-electron chi connectivity index (χ4n) is 2.20. The molecule has 1 aromatic carbocycles. The Kier molecular flexibility index (Phi) is 10.5. The van der Waals surface area contributed by atoms with Gasteiger partial charge in [0.25, 0.3) is 5.91 Å². The molecule has 0 aliphatic heterocycles. The van der Waals surface area contributed by atoms with Crippen LogP contribution >= 0.6 is 24.8 Å². The van der Waals surface area contributed by atoms with Gasteiger partial charge in [0.2, 0.25) is 5.91 Å². The number of amides is 2. The summed E-state index contributed by atoms with van der Waals surface area (Å²) in [4.78, 5) is 28.3. The molecule has 142 valence electrons. The quantitative estimate of drug-likeness (QED) is 0.696. The third-order valence-corrected chi connectivity index (χ3v) is 3.65. The van der Waals surface area contributed by atoms with E-state index in [1.807, 2.05) is 33.0 Å². The van der Waals surface area contributed by atoms with E-state index in [0.717, 1.165) is 5.56 Å². The number of aryl methyl sites for hydroxylation is 1. The Hall–Kier alpha value is -2.15. The van der Waals surface area contributed by atoms with Gasteiger partial charge in [-0.1, -0.05) is 13.0 Å². The number of aromatic nitrogens is 1. The number of anilines is 2. The molecule has 1 heterocycles. The molecule has 1 unspecified atom stereocenters. The lowest BCUT2D eigenvalue weighted by atomic mass is 10.1. The highest BCUT2D eigenvalue weighted by Gasteiger charge is 2.13. The standard InChI is InChI=1S/C18H22N4O2.2ClH/c1-12-4-5-15(21-17(23)13(2)11-19-3)10-16(12)22-18(24)14-6-8-20-9-7-14;;/h4-10,13,19H,11H2,1-3H3,(H,21,23)(H,22,24);2*1H. The van der Waals surface area contributed by atoms with Gasteiger partial charge in [-0.3, -0.25) is 14.6 Å². The third-order valence-electron chi connectivity index (χ3n) is 3.65. The highest BCUT2D eigenvalue weighted by atomic mass is 35.5. The van der Waals surface area contributed by atoms with E-state index in [4.69, 9.17) is 0 Å². The summed E-state index contributed by atoms with van der Waals surface area (Å²) in [7, 11) is 1.81. The van der Waals surface area contributed by atoms with Crippen LogP contribution in [-0.2, 0) is 4.79 Å². The average Bonchev–Trinajstić information content (AvgIpc) is 2.58. The molecule has 8 heteroatoms. The molecule has 26 heavy (non-hydrogen) atoms. The first-order valence-electron chi connectivity index (χ1n) is 7.78. The van der Waals surface area contributed by atoms with E-state index in [0.29, 0.717) is 23.5 Å². The van der Waals surface area contributed by atoms with Gasteiger partial charge in [-0.05, 0) is 43.8 Å². The molecule has 0 spiro atoms. The van der Waals surface area contributed by atoms with Gasteiger partial charge in [0.05, 0.1) is 0 Å². The van der Waals surface area contributed by atoms with Crippen LogP contribution in [0.2, 0.25) is 0 Å².